The van der Waals surface area contributed by atoms with Gasteiger partial charge in [0.05, 0.1) is 6.61 Å². The van der Waals surface area contributed by atoms with E-state index in [1.54, 1.807) is 0 Å². The van der Waals surface area contributed by atoms with Crippen molar-refractivity contribution < 1.29 is 9.84 Å². The van der Waals surface area contributed by atoms with E-state index in [0.29, 0.717) is 5.92 Å². The molecule has 2 heteroatoms. The quantitative estimate of drug-likeness (QED) is 0.796. The molecule has 94 valence electrons. The zero-order valence-corrected chi connectivity index (χ0v) is 10.3. The third-order valence-corrected chi connectivity index (χ3v) is 5.69. The third-order valence-electron chi connectivity index (χ3n) is 5.69. The molecule has 0 spiro atoms. The topological polar surface area (TPSA) is 29.5 Å². The molecule has 1 heterocycles. The average molecular weight is 234 g/mol. The van der Waals surface area contributed by atoms with Crippen LogP contribution in [0.2, 0.25) is 0 Å². The number of aliphatic hydroxyl groups is 1. The van der Waals surface area contributed by atoms with Crippen LogP contribution in [0.1, 0.15) is 38.5 Å². The average Bonchev–Trinajstić information content (AvgIpc) is 2.80. The molecule has 0 aromatic rings. The van der Waals surface area contributed by atoms with Crippen molar-refractivity contribution in [3.63, 3.8) is 0 Å². The molecule has 4 saturated carbocycles. The fourth-order valence-electron chi connectivity index (χ4n) is 5.32. The third kappa shape index (κ3) is 1.56. The molecule has 0 radical (unpaired) electrons. The predicted molar refractivity (Wildman–Crippen MR) is 65.2 cm³/mol. The van der Waals surface area contributed by atoms with E-state index in [1.165, 1.54) is 32.1 Å². The Morgan fingerprint density at radius 2 is 1.71 bits per heavy atom. The van der Waals surface area contributed by atoms with Gasteiger partial charge >= 0.3 is 0 Å². The van der Waals surface area contributed by atoms with Crippen LogP contribution in [-0.2, 0) is 4.74 Å². The molecule has 4 fully saturated rings. The van der Waals surface area contributed by atoms with Crippen LogP contribution in [0, 0.1) is 29.6 Å². The van der Waals surface area contributed by atoms with Gasteiger partial charge in [0.25, 0.3) is 0 Å². The summed E-state index contributed by atoms with van der Waals surface area (Å²) in [6.45, 7) is 0.777. The van der Waals surface area contributed by atoms with Crippen LogP contribution >= 0.6 is 0 Å². The normalized spacial score (nSPS) is 49.0. The fourth-order valence-corrected chi connectivity index (χ4v) is 5.32. The largest absolute Gasteiger partial charge is 0.495 e. The van der Waals surface area contributed by atoms with Gasteiger partial charge in [0, 0.05) is 6.42 Å². The number of hydrogen-bond acceptors (Lipinski definition) is 2. The van der Waals surface area contributed by atoms with Gasteiger partial charge in [-0.25, -0.2) is 0 Å². The van der Waals surface area contributed by atoms with Gasteiger partial charge in [-0.3, -0.25) is 0 Å². The maximum Gasteiger partial charge on any atom is 0.121 e. The molecule has 5 aliphatic rings. The summed E-state index contributed by atoms with van der Waals surface area (Å²) in [7, 11) is 0. The molecule has 1 N–H and O–H groups in total. The first-order valence-electron chi connectivity index (χ1n) is 7.32. The maximum absolute atomic E-state index is 10.6. The molecule has 1 unspecified atom stereocenters. The van der Waals surface area contributed by atoms with Gasteiger partial charge in [-0.05, 0) is 67.8 Å². The van der Waals surface area contributed by atoms with E-state index in [0.717, 1.165) is 42.5 Å². The molecule has 1 aliphatic heterocycles. The van der Waals surface area contributed by atoms with Crippen LogP contribution in [0.3, 0.4) is 0 Å². The zero-order chi connectivity index (χ0) is 11.4. The summed E-state index contributed by atoms with van der Waals surface area (Å²) in [5.74, 6) is 4.94. The molecule has 0 aromatic carbocycles. The lowest BCUT2D eigenvalue weighted by Crippen LogP contribution is -2.49. The number of ether oxygens (including phenoxy) is 1. The molecule has 4 bridgehead atoms. The van der Waals surface area contributed by atoms with Crippen molar-refractivity contribution in [3.8, 4) is 0 Å². The van der Waals surface area contributed by atoms with E-state index in [1.807, 2.05) is 0 Å². The molecule has 1 atom stereocenters. The van der Waals surface area contributed by atoms with Gasteiger partial charge in [-0.2, -0.15) is 0 Å². The Kier molecular flexibility index (Phi) is 2.30. The molecular weight excluding hydrogens is 212 g/mol. The highest BCUT2D eigenvalue weighted by Gasteiger charge is 2.51. The van der Waals surface area contributed by atoms with E-state index in [9.17, 15) is 5.11 Å². The summed E-state index contributed by atoms with van der Waals surface area (Å²) in [6.07, 6.45) is 9.78. The second-order valence-corrected chi connectivity index (χ2v) is 6.70. The van der Waals surface area contributed by atoms with E-state index >= 15 is 0 Å². The van der Waals surface area contributed by atoms with Gasteiger partial charge in [0.1, 0.15) is 11.9 Å². The van der Waals surface area contributed by atoms with Gasteiger partial charge in [-0.1, -0.05) is 0 Å². The van der Waals surface area contributed by atoms with Crippen LogP contribution in [0.4, 0.5) is 0 Å². The summed E-state index contributed by atoms with van der Waals surface area (Å²) < 4.78 is 5.58. The summed E-state index contributed by atoms with van der Waals surface area (Å²) in [6, 6.07) is 0. The van der Waals surface area contributed by atoms with Crippen molar-refractivity contribution >= 4 is 0 Å². The zero-order valence-electron chi connectivity index (χ0n) is 10.3. The van der Waals surface area contributed by atoms with Crippen LogP contribution < -0.4 is 0 Å². The highest BCUT2D eigenvalue weighted by Crippen LogP contribution is 2.58. The van der Waals surface area contributed by atoms with E-state index < -0.39 is 0 Å². The first kappa shape index (κ1) is 10.4. The maximum atomic E-state index is 10.6. The fraction of sp³-hybridized carbons (Fsp3) is 0.867. The van der Waals surface area contributed by atoms with Crippen LogP contribution in [-0.4, -0.2) is 17.8 Å². The summed E-state index contributed by atoms with van der Waals surface area (Å²) in [5, 5.41) is 10.6. The molecule has 0 aromatic heterocycles. The van der Waals surface area contributed by atoms with Crippen LogP contribution in [0.25, 0.3) is 0 Å². The Bertz CT molecular complexity index is 319. The minimum absolute atomic E-state index is 0.299. The predicted octanol–water partition coefficient (Wildman–Crippen LogP) is 2.72. The van der Waals surface area contributed by atoms with Gasteiger partial charge in [0.2, 0.25) is 0 Å². The minimum atomic E-state index is -0.299. The Morgan fingerprint density at radius 3 is 2.24 bits per heavy atom. The second-order valence-electron chi connectivity index (χ2n) is 6.70. The summed E-state index contributed by atoms with van der Waals surface area (Å²) >= 11 is 0. The molecule has 17 heavy (non-hydrogen) atoms. The van der Waals surface area contributed by atoms with Gasteiger partial charge in [0.15, 0.2) is 0 Å². The van der Waals surface area contributed by atoms with Crippen molar-refractivity contribution in [3.05, 3.63) is 11.8 Å². The molecule has 0 saturated heterocycles. The first-order valence-corrected chi connectivity index (χ1v) is 7.32. The Morgan fingerprint density at radius 1 is 1.06 bits per heavy atom. The van der Waals surface area contributed by atoms with Crippen molar-refractivity contribution in [1.82, 2.24) is 0 Å². The second kappa shape index (κ2) is 3.74. The highest BCUT2D eigenvalue weighted by molar-refractivity contribution is 5.11. The van der Waals surface area contributed by atoms with Crippen LogP contribution in [0.15, 0.2) is 11.8 Å². The van der Waals surface area contributed by atoms with Crippen molar-refractivity contribution in [2.24, 2.45) is 29.6 Å². The smallest absolute Gasteiger partial charge is 0.121 e. The van der Waals surface area contributed by atoms with Gasteiger partial charge in [-0.15, -0.1) is 0 Å². The highest BCUT2D eigenvalue weighted by atomic mass is 16.5. The Balaban J connectivity index is 1.57. The monoisotopic (exact) mass is 234 g/mol. The standard InChI is InChI=1S/C15H22O2/c16-15(13-2-1-3-17-13)14-11-5-9-4-10(7-11)8-12(14)6-9/h2,9-12,14-16H,1,3-8H2. The molecular formula is C15H22O2. The summed E-state index contributed by atoms with van der Waals surface area (Å²) in [4.78, 5) is 0. The molecule has 5 rings (SSSR count). The number of hydrogen-bond donors (Lipinski definition) is 1. The van der Waals surface area contributed by atoms with E-state index in [-0.39, 0.29) is 6.10 Å². The first-order chi connectivity index (χ1) is 8.31. The molecule has 0 amide bonds. The molecule has 2 nitrogen and oxygen atoms in total. The lowest BCUT2D eigenvalue weighted by atomic mass is 9.51. The SMILES string of the molecule is OC(C1=CCCO1)C1C2CC3CC(C2)CC1C3. The number of rotatable bonds is 2. The minimum Gasteiger partial charge on any atom is -0.495 e. The summed E-state index contributed by atoms with van der Waals surface area (Å²) in [5.41, 5.74) is 0. The van der Waals surface area contributed by atoms with E-state index in [2.05, 4.69) is 6.08 Å². The molecule has 4 aliphatic carbocycles. The Hall–Kier alpha value is -0.500. The van der Waals surface area contributed by atoms with Gasteiger partial charge < -0.3 is 9.84 Å². The lowest BCUT2D eigenvalue weighted by molar-refractivity contribution is -0.0896. The van der Waals surface area contributed by atoms with E-state index in [4.69, 9.17) is 4.74 Å². The number of aliphatic hydroxyl groups excluding tert-OH is 1. The van der Waals surface area contributed by atoms with Crippen LogP contribution in [0.5, 0.6) is 0 Å². The van der Waals surface area contributed by atoms with Crippen molar-refractivity contribution in [1.29, 1.82) is 0 Å². The van der Waals surface area contributed by atoms with Crippen molar-refractivity contribution in [2.75, 3.05) is 6.61 Å². The lowest BCUT2D eigenvalue weighted by Gasteiger charge is -2.55. The Labute approximate surface area is 103 Å². The van der Waals surface area contributed by atoms with Crippen molar-refractivity contribution in [2.45, 2.75) is 44.6 Å².